The third-order valence-corrected chi connectivity index (χ3v) is 5.25. The van der Waals surface area contributed by atoms with Crippen LogP contribution in [-0.4, -0.2) is 39.4 Å². The second kappa shape index (κ2) is 6.86. The minimum Gasteiger partial charge on any atom is -0.371 e. The number of pyridine rings is 1. The van der Waals surface area contributed by atoms with E-state index < -0.39 is 0 Å². The summed E-state index contributed by atoms with van der Waals surface area (Å²) in [4.78, 5) is 7.03. The maximum atomic E-state index is 5.98. The number of hydrogen-bond donors (Lipinski definition) is 0. The molecule has 1 saturated heterocycles. The number of fused-ring (bicyclic) bond motifs is 1. The highest BCUT2D eigenvalue weighted by molar-refractivity contribution is 9.10. The molecule has 3 heterocycles. The maximum Gasteiger partial charge on any atom is 0.157 e. The molecule has 0 saturated carbocycles. The zero-order valence-corrected chi connectivity index (χ0v) is 16.0. The van der Waals surface area contributed by atoms with E-state index in [-0.39, 0.29) is 6.10 Å². The summed E-state index contributed by atoms with van der Waals surface area (Å²) >= 11 is 3.49. The fraction of sp³-hybridized carbons (Fsp3) is 0.368. The Bertz CT molecular complexity index is 890. The van der Waals surface area contributed by atoms with E-state index in [1.807, 2.05) is 24.9 Å². The number of halogens is 1. The van der Waals surface area contributed by atoms with Crippen LogP contribution in [0.15, 0.2) is 41.0 Å². The van der Waals surface area contributed by atoms with Crippen LogP contribution in [0.25, 0.3) is 11.0 Å². The predicted octanol–water partition coefficient (Wildman–Crippen LogP) is 3.61. The van der Waals surface area contributed by atoms with Crippen LogP contribution in [0.3, 0.4) is 0 Å². The summed E-state index contributed by atoms with van der Waals surface area (Å²) in [5.74, 6) is 0. The van der Waals surface area contributed by atoms with Crippen LogP contribution in [0.5, 0.6) is 0 Å². The first-order chi connectivity index (χ1) is 12.1. The molecule has 1 unspecified atom stereocenters. The second-order valence-corrected chi connectivity index (χ2v) is 7.49. The van der Waals surface area contributed by atoms with E-state index >= 15 is 0 Å². The Balaban J connectivity index is 1.50. The maximum absolute atomic E-state index is 5.98. The summed E-state index contributed by atoms with van der Waals surface area (Å²) < 4.78 is 8.91. The van der Waals surface area contributed by atoms with Crippen LogP contribution in [-0.2, 0) is 18.3 Å². The molecule has 1 aliphatic rings. The molecule has 2 aromatic heterocycles. The summed E-state index contributed by atoms with van der Waals surface area (Å²) in [5.41, 5.74) is 4.42. The van der Waals surface area contributed by atoms with Crippen molar-refractivity contribution in [1.29, 1.82) is 0 Å². The van der Waals surface area contributed by atoms with Crippen molar-refractivity contribution in [1.82, 2.24) is 19.7 Å². The van der Waals surface area contributed by atoms with Gasteiger partial charge in [0.1, 0.15) is 0 Å². The van der Waals surface area contributed by atoms with Gasteiger partial charge in [0.25, 0.3) is 0 Å². The van der Waals surface area contributed by atoms with Crippen molar-refractivity contribution in [3.8, 4) is 0 Å². The highest BCUT2D eigenvalue weighted by atomic mass is 79.9. The number of nitrogens with zero attached hydrogens (tertiary/aromatic N) is 4. The smallest absolute Gasteiger partial charge is 0.157 e. The minimum atomic E-state index is 0.124. The Hall–Kier alpha value is -1.76. The first kappa shape index (κ1) is 16.7. The van der Waals surface area contributed by atoms with Gasteiger partial charge < -0.3 is 4.74 Å². The average molecular weight is 401 g/mol. The topological polar surface area (TPSA) is 43.2 Å². The highest BCUT2D eigenvalue weighted by Crippen LogP contribution is 2.25. The van der Waals surface area contributed by atoms with Gasteiger partial charge in [-0.25, -0.2) is 4.98 Å². The molecule has 25 heavy (non-hydrogen) atoms. The lowest BCUT2D eigenvalue weighted by molar-refractivity contribution is -0.0329. The number of aryl methyl sites for hydroxylation is 2. The fourth-order valence-electron chi connectivity index (χ4n) is 3.42. The van der Waals surface area contributed by atoms with Crippen LogP contribution in [0.2, 0.25) is 0 Å². The molecule has 0 aliphatic carbocycles. The SMILES string of the molecule is Cc1nn(C)c2ncc(CN3CCOC(c4ccc(Br)cc4)C3)cc12. The molecular formula is C19H21BrN4O. The molecule has 1 atom stereocenters. The van der Waals surface area contributed by atoms with Crippen LogP contribution in [0, 0.1) is 6.92 Å². The van der Waals surface area contributed by atoms with Gasteiger partial charge in [-0.05, 0) is 36.2 Å². The van der Waals surface area contributed by atoms with Crippen LogP contribution < -0.4 is 0 Å². The zero-order valence-electron chi connectivity index (χ0n) is 14.4. The van der Waals surface area contributed by atoms with Crippen molar-refractivity contribution in [2.45, 2.75) is 19.6 Å². The van der Waals surface area contributed by atoms with Crippen molar-refractivity contribution in [3.63, 3.8) is 0 Å². The quantitative estimate of drug-likeness (QED) is 0.673. The highest BCUT2D eigenvalue weighted by Gasteiger charge is 2.22. The summed E-state index contributed by atoms with van der Waals surface area (Å²) in [6.45, 7) is 5.50. The Morgan fingerprint density at radius 1 is 1.28 bits per heavy atom. The number of morpholine rings is 1. The molecule has 4 rings (SSSR count). The molecule has 6 heteroatoms. The molecule has 5 nitrogen and oxygen atoms in total. The lowest BCUT2D eigenvalue weighted by atomic mass is 10.1. The Kier molecular flexibility index (Phi) is 4.58. The number of hydrogen-bond acceptors (Lipinski definition) is 4. The van der Waals surface area contributed by atoms with E-state index in [9.17, 15) is 0 Å². The van der Waals surface area contributed by atoms with Gasteiger partial charge in [-0.2, -0.15) is 5.10 Å². The third-order valence-electron chi connectivity index (χ3n) is 4.72. The van der Waals surface area contributed by atoms with Crippen molar-refractivity contribution in [3.05, 3.63) is 57.8 Å². The van der Waals surface area contributed by atoms with E-state index in [0.29, 0.717) is 0 Å². The van der Waals surface area contributed by atoms with Crippen molar-refractivity contribution in [2.24, 2.45) is 7.05 Å². The molecule has 1 aliphatic heterocycles. The Morgan fingerprint density at radius 3 is 2.88 bits per heavy atom. The van der Waals surface area contributed by atoms with Gasteiger partial charge >= 0.3 is 0 Å². The van der Waals surface area contributed by atoms with Crippen LogP contribution in [0.1, 0.15) is 22.9 Å². The fourth-order valence-corrected chi connectivity index (χ4v) is 3.69. The molecule has 0 amide bonds. The third kappa shape index (κ3) is 3.47. The summed E-state index contributed by atoms with van der Waals surface area (Å²) in [6, 6.07) is 10.6. The van der Waals surface area contributed by atoms with Crippen LogP contribution >= 0.6 is 15.9 Å². The lowest BCUT2D eigenvalue weighted by Crippen LogP contribution is -2.37. The van der Waals surface area contributed by atoms with Gasteiger partial charge in [0.2, 0.25) is 0 Å². The number of rotatable bonds is 3. The predicted molar refractivity (Wildman–Crippen MR) is 101 cm³/mol. The van der Waals surface area contributed by atoms with Crippen molar-refractivity contribution < 1.29 is 4.74 Å². The first-order valence-electron chi connectivity index (χ1n) is 8.48. The minimum absolute atomic E-state index is 0.124. The second-order valence-electron chi connectivity index (χ2n) is 6.57. The zero-order chi connectivity index (χ0) is 17.4. The Morgan fingerprint density at radius 2 is 2.08 bits per heavy atom. The van der Waals surface area contributed by atoms with E-state index in [4.69, 9.17) is 4.74 Å². The molecule has 0 radical (unpaired) electrons. The molecule has 1 aromatic carbocycles. The van der Waals surface area contributed by atoms with Gasteiger partial charge in [0.15, 0.2) is 5.65 Å². The average Bonchev–Trinajstić information content (AvgIpc) is 2.90. The summed E-state index contributed by atoms with van der Waals surface area (Å²) in [7, 11) is 1.94. The number of aromatic nitrogens is 3. The normalized spacial score (nSPS) is 18.8. The number of benzene rings is 1. The molecule has 0 N–H and O–H groups in total. The molecule has 3 aromatic rings. The molecule has 0 spiro atoms. The summed E-state index contributed by atoms with van der Waals surface area (Å²) in [5, 5.41) is 5.59. The van der Waals surface area contributed by atoms with Crippen molar-refractivity contribution in [2.75, 3.05) is 19.7 Å². The van der Waals surface area contributed by atoms with Crippen LogP contribution in [0.4, 0.5) is 0 Å². The van der Waals surface area contributed by atoms with Gasteiger partial charge in [0.05, 0.1) is 18.4 Å². The first-order valence-corrected chi connectivity index (χ1v) is 9.27. The monoisotopic (exact) mass is 400 g/mol. The summed E-state index contributed by atoms with van der Waals surface area (Å²) in [6.07, 6.45) is 2.09. The van der Waals surface area contributed by atoms with Gasteiger partial charge in [-0.15, -0.1) is 0 Å². The lowest BCUT2D eigenvalue weighted by Gasteiger charge is -2.33. The van der Waals surface area contributed by atoms with Crippen molar-refractivity contribution >= 4 is 27.0 Å². The molecule has 1 fully saturated rings. The molecule has 130 valence electrons. The van der Waals surface area contributed by atoms with Gasteiger partial charge in [-0.3, -0.25) is 9.58 Å². The van der Waals surface area contributed by atoms with E-state index in [0.717, 1.165) is 47.4 Å². The number of ether oxygens (including phenoxy) is 1. The van der Waals surface area contributed by atoms with E-state index in [1.54, 1.807) is 0 Å². The molecular weight excluding hydrogens is 380 g/mol. The molecule has 0 bridgehead atoms. The van der Waals surface area contributed by atoms with E-state index in [1.165, 1.54) is 11.1 Å². The van der Waals surface area contributed by atoms with E-state index in [2.05, 4.69) is 61.2 Å². The standard InChI is InChI=1S/C19H21BrN4O/c1-13-17-9-14(10-21-19(17)23(2)22-13)11-24-7-8-25-18(12-24)15-3-5-16(20)6-4-15/h3-6,9-10,18H,7-8,11-12H2,1-2H3. The van der Waals surface area contributed by atoms with Gasteiger partial charge in [-0.1, -0.05) is 28.1 Å². The van der Waals surface area contributed by atoms with Gasteiger partial charge in [0, 0.05) is 42.7 Å². The largest absolute Gasteiger partial charge is 0.371 e. The Labute approximate surface area is 155 Å².